The molecule has 37 heavy (non-hydrogen) atoms. The summed E-state index contributed by atoms with van der Waals surface area (Å²) >= 11 is 0. The predicted octanol–water partition coefficient (Wildman–Crippen LogP) is 3.83. The second-order valence-corrected chi connectivity index (χ2v) is 8.12. The van der Waals surface area contributed by atoms with Crippen molar-refractivity contribution in [3.63, 3.8) is 0 Å². The van der Waals surface area contributed by atoms with E-state index in [0.717, 1.165) is 22.6 Å². The van der Waals surface area contributed by atoms with Crippen LogP contribution in [0.2, 0.25) is 0 Å². The van der Waals surface area contributed by atoms with Crippen molar-refractivity contribution in [2.45, 2.75) is 12.8 Å². The Morgan fingerprint density at radius 3 is 1.97 bits per heavy atom. The quantitative estimate of drug-likeness (QED) is 0.290. The van der Waals surface area contributed by atoms with Gasteiger partial charge in [-0.25, -0.2) is 10.9 Å². The van der Waals surface area contributed by atoms with E-state index in [1.807, 2.05) is 72.6 Å². The lowest BCUT2D eigenvalue weighted by Crippen LogP contribution is -2.23. The second-order valence-electron chi connectivity index (χ2n) is 8.12. The van der Waals surface area contributed by atoms with Gasteiger partial charge in [-0.1, -0.05) is 24.3 Å². The van der Waals surface area contributed by atoms with Gasteiger partial charge in [0.1, 0.15) is 11.5 Å². The Hall–Kier alpha value is -4.66. The molecule has 0 saturated heterocycles. The van der Waals surface area contributed by atoms with Crippen LogP contribution < -0.4 is 25.2 Å². The topological polar surface area (TPSA) is 105 Å². The zero-order valence-corrected chi connectivity index (χ0v) is 21.2. The summed E-state index contributed by atoms with van der Waals surface area (Å²) < 4.78 is 10.3. The first kappa shape index (κ1) is 26.9. The maximum absolute atomic E-state index is 12.4. The largest absolute Gasteiger partial charge is 0.497 e. The number of hydrogen-bond donors (Lipinski definition) is 2. The van der Waals surface area contributed by atoms with E-state index >= 15 is 0 Å². The Bertz CT molecular complexity index is 1240. The summed E-state index contributed by atoms with van der Waals surface area (Å²) in [4.78, 5) is 26.5. The maximum atomic E-state index is 12.4. The minimum absolute atomic E-state index is 0.158. The normalized spacial score (nSPS) is 10.9. The van der Waals surface area contributed by atoms with Crippen molar-refractivity contribution in [2.24, 2.45) is 10.2 Å². The number of carbonyl (C=O) groups is 2. The number of benzene rings is 3. The zero-order valence-electron chi connectivity index (χ0n) is 21.2. The number of hydrazone groups is 2. The lowest BCUT2D eigenvalue weighted by molar-refractivity contribution is -0.121. The Balaban J connectivity index is 1.40. The summed E-state index contributed by atoms with van der Waals surface area (Å²) in [5.74, 6) is 0.979. The van der Waals surface area contributed by atoms with Gasteiger partial charge in [-0.3, -0.25) is 9.59 Å². The fourth-order valence-corrected chi connectivity index (χ4v) is 3.38. The molecule has 0 heterocycles. The number of rotatable bonds is 12. The summed E-state index contributed by atoms with van der Waals surface area (Å²) in [6, 6.07) is 22.0. The third kappa shape index (κ3) is 8.81. The maximum Gasteiger partial charge on any atom is 0.271 e. The van der Waals surface area contributed by atoms with Gasteiger partial charge in [0.2, 0.25) is 5.91 Å². The molecule has 0 saturated carbocycles. The molecule has 0 spiro atoms. The summed E-state index contributed by atoms with van der Waals surface area (Å²) in [5, 5.41) is 8.01. The van der Waals surface area contributed by atoms with E-state index in [1.165, 1.54) is 0 Å². The van der Waals surface area contributed by atoms with E-state index in [-0.39, 0.29) is 11.8 Å². The highest BCUT2D eigenvalue weighted by Gasteiger charge is 2.07. The van der Waals surface area contributed by atoms with Gasteiger partial charge in [0.25, 0.3) is 5.91 Å². The molecule has 0 fully saturated rings. The highest BCUT2D eigenvalue weighted by Crippen LogP contribution is 2.15. The molecule has 0 aromatic heterocycles. The third-order valence-electron chi connectivity index (χ3n) is 5.44. The molecule has 0 aliphatic heterocycles. The van der Waals surface area contributed by atoms with E-state index in [0.29, 0.717) is 30.7 Å². The predicted molar refractivity (Wildman–Crippen MR) is 146 cm³/mol. The lowest BCUT2D eigenvalue weighted by atomic mass is 10.2. The van der Waals surface area contributed by atoms with Crippen LogP contribution in [-0.2, 0) is 4.79 Å². The Labute approximate surface area is 216 Å². The van der Waals surface area contributed by atoms with Crippen LogP contribution in [0.5, 0.6) is 11.5 Å². The molecule has 2 amide bonds. The molecule has 192 valence electrons. The first-order chi connectivity index (χ1) is 18.0. The van der Waals surface area contributed by atoms with Crippen molar-refractivity contribution in [1.82, 2.24) is 10.9 Å². The van der Waals surface area contributed by atoms with E-state index < -0.39 is 0 Å². The van der Waals surface area contributed by atoms with Gasteiger partial charge in [-0.05, 0) is 66.1 Å². The van der Waals surface area contributed by atoms with Crippen molar-refractivity contribution in [3.05, 3.63) is 89.5 Å². The van der Waals surface area contributed by atoms with Crippen LogP contribution in [-0.4, -0.2) is 52.1 Å². The monoisotopic (exact) mass is 501 g/mol. The lowest BCUT2D eigenvalue weighted by Gasteiger charge is -2.19. The van der Waals surface area contributed by atoms with Gasteiger partial charge < -0.3 is 14.4 Å². The van der Waals surface area contributed by atoms with Crippen LogP contribution in [0.1, 0.15) is 34.3 Å². The Morgan fingerprint density at radius 1 is 0.838 bits per heavy atom. The summed E-state index contributed by atoms with van der Waals surface area (Å²) in [6.07, 6.45) is 4.13. The van der Waals surface area contributed by atoms with Crippen molar-refractivity contribution in [3.8, 4) is 11.5 Å². The van der Waals surface area contributed by atoms with Gasteiger partial charge in [0, 0.05) is 31.3 Å². The molecule has 0 aliphatic rings. The average Bonchev–Trinajstić information content (AvgIpc) is 2.93. The first-order valence-electron chi connectivity index (χ1n) is 11.7. The molecule has 0 bridgehead atoms. The van der Waals surface area contributed by atoms with Gasteiger partial charge in [-0.15, -0.1) is 0 Å². The highest BCUT2D eigenvalue weighted by molar-refractivity contribution is 5.95. The van der Waals surface area contributed by atoms with Gasteiger partial charge >= 0.3 is 0 Å². The molecule has 9 heteroatoms. The van der Waals surface area contributed by atoms with E-state index in [4.69, 9.17) is 9.47 Å². The first-order valence-corrected chi connectivity index (χ1v) is 11.7. The molecule has 9 nitrogen and oxygen atoms in total. The summed E-state index contributed by atoms with van der Waals surface area (Å²) in [6.45, 7) is 0.670. The minimum Gasteiger partial charge on any atom is -0.497 e. The smallest absolute Gasteiger partial charge is 0.271 e. The van der Waals surface area contributed by atoms with E-state index in [1.54, 1.807) is 38.8 Å². The van der Waals surface area contributed by atoms with Gasteiger partial charge in [0.05, 0.1) is 26.6 Å². The van der Waals surface area contributed by atoms with Crippen LogP contribution in [0, 0.1) is 0 Å². The molecule has 3 aromatic carbocycles. The number of hydrogen-bond acceptors (Lipinski definition) is 7. The fourth-order valence-electron chi connectivity index (χ4n) is 3.38. The number of anilines is 1. The number of nitrogens with one attached hydrogen (secondary N) is 2. The standard InChI is InChI=1S/C28H31N5O4/c1-33(16-6-11-27(34)31-29-19-21-7-4-9-25(17-21)36-2)24-14-12-23(13-15-24)28(35)32-30-20-22-8-5-10-26(18-22)37-3/h4-5,7-10,12-15,17-20H,6,11,16H2,1-3H3,(H,31,34)(H,32,35). The van der Waals surface area contributed by atoms with Crippen LogP contribution in [0.4, 0.5) is 5.69 Å². The Kier molecular flexibility index (Phi) is 10.2. The van der Waals surface area contributed by atoms with Crippen LogP contribution in [0.25, 0.3) is 0 Å². The van der Waals surface area contributed by atoms with Gasteiger partial charge in [-0.2, -0.15) is 10.2 Å². The number of methoxy groups -OCH3 is 2. The van der Waals surface area contributed by atoms with E-state index in [2.05, 4.69) is 21.1 Å². The molecule has 0 unspecified atom stereocenters. The molecule has 3 rings (SSSR count). The van der Waals surface area contributed by atoms with Crippen molar-refractivity contribution in [2.75, 3.05) is 32.7 Å². The Morgan fingerprint density at radius 2 is 1.41 bits per heavy atom. The molecular weight excluding hydrogens is 470 g/mol. The van der Waals surface area contributed by atoms with Gasteiger partial charge in [0.15, 0.2) is 0 Å². The molecular formula is C28H31N5O4. The summed E-state index contributed by atoms with van der Waals surface area (Å²) in [7, 11) is 5.13. The SMILES string of the molecule is COc1cccc(C=NNC(=O)CCCN(C)c2ccc(C(=O)NN=Cc3cccc(OC)c3)cc2)c1. The fraction of sp³-hybridized carbons (Fsp3) is 0.214. The number of ether oxygens (including phenoxy) is 2. The zero-order chi connectivity index (χ0) is 26.5. The number of amides is 2. The van der Waals surface area contributed by atoms with Crippen LogP contribution in [0.15, 0.2) is 83.0 Å². The average molecular weight is 502 g/mol. The van der Waals surface area contributed by atoms with E-state index in [9.17, 15) is 9.59 Å². The molecule has 0 aliphatic carbocycles. The molecule has 3 aromatic rings. The molecule has 0 atom stereocenters. The van der Waals surface area contributed by atoms with Crippen LogP contribution >= 0.6 is 0 Å². The summed E-state index contributed by atoms with van der Waals surface area (Å²) in [5.41, 5.74) is 8.15. The number of nitrogens with zero attached hydrogens (tertiary/aromatic N) is 3. The second kappa shape index (κ2) is 14.0. The minimum atomic E-state index is -0.306. The third-order valence-corrected chi connectivity index (χ3v) is 5.44. The van der Waals surface area contributed by atoms with Crippen LogP contribution in [0.3, 0.4) is 0 Å². The van der Waals surface area contributed by atoms with Crippen molar-refractivity contribution < 1.29 is 19.1 Å². The molecule has 2 N–H and O–H groups in total. The molecule has 0 radical (unpaired) electrons. The van der Waals surface area contributed by atoms with Crippen molar-refractivity contribution >= 4 is 29.9 Å². The van der Waals surface area contributed by atoms with Crippen molar-refractivity contribution in [1.29, 1.82) is 0 Å². The highest BCUT2D eigenvalue weighted by atomic mass is 16.5. The number of carbonyl (C=O) groups excluding carboxylic acids is 2.